The number of rotatable bonds is 7. The smallest absolute Gasteiger partial charge is 0.255 e. The van der Waals surface area contributed by atoms with Crippen LogP contribution in [0, 0.1) is 0 Å². The predicted octanol–water partition coefficient (Wildman–Crippen LogP) is 2.50. The van der Waals surface area contributed by atoms with Crippen LogP contribution in [0.2, 0.25) is 0 Å². The van der Waals surface area contributed by atoms with Gasteiger partial charge in [0, 0.05) is 19.3 Å². The summed E-state index contributed by atoms with van der Waals surface area (Å²) in [6, 6.07) is 11.4. The highest BCUT2D eigenvalue weighted by molar-refractivity contribution is 5.94. The molecule has 122 valence electrons. The number of aromatic nitrogens is 1. The molecule has 0 fully saturated rings. The lowest BCUT2D eigenvalue weighted by molar-refractivity contribution is 0.0706. The van der Waals surface area contributed by atoms with E-state index in [9.17, 15) is 9.90 Å². The zero-order valence-electron chi connectivity index (χ0n) is 13.5. The molecule has 0 aliphatic rings. The normalized spacial score (nSPS) is 10.6. The van der Waals surface area contributed by atoms with E-state index in [1.807, 2.05) is 44.2 Å². The number of carbonyl (C=O) groups excluding carboxylic acids is 1. The highest BCUT2D eigenvalue weighted by Crippen LogP contribution is 2.16. The van der Waals surface area contributed by atoms with Crippen molar-refractivity contribution in [3.8, 4) is 5.75 Å². The Morgan fingerprint density at radius 3 is 2.65 bits per heavy atom. The molecule has 2 rings (SSSR count). The Morgan fingerprint density at radius 1 is 1.26 bits per heavy atom. The molecule has 0 aliphatic heterocycles. The molecule has 0 spiro atoms. The summed E-state index contributed by atoms with van der Waals surface area (Å²) in [6.45, 7) is 4.45. The molecule has 0 unspecified atom stereocenters. The van der Waals surface area contributed by atoms with Gasteiger partial charge in [-0.1, -0.05) is 30.3 Å². The van der Waals surface area contributed by atoms with Gasteiger partial charge in [-0.2, -0.15) is 0 Å². The van der Waals surface area contributed by atoms with Crippen molar-refractivity contribution in [2.45, 2.75) is 26.5 Å². The number of pyridine rings is 1. The molecule has 1 heterocycles. The summed E-state index contributed by atoms with van der Waals surface area (Å²) < 4.78 is 5.58. The zero-order valence-corrected chi connectivity index (χ0v) is 13.5. The quantitative estimate of drug-likeness (QED) is 0.853. The second-order valence-corrected chi connectivity index (χ2v) is 5.51. The highest BCUT2D eigenvalue weighted by Gasteiger charge is 2.17. The van der Waals surface area contributed by atoms with Crippen LogP contribution in [0.15, 0.2) is 48.8 Å². The lowest BCUT2D eigenvalue weighted by Crippen LogP contribution is -2.33. The number of carbonyl (C=O) groups is 1. The average molecular weight is 314 g/mol. The standard InChI is InChI=1S/C18H22N2O3/c1-14(2)23-17-10-16(11-19-12-17)18(22)20(8-9-21)13-15-6-4-3-5-7-15/h3-7,10-12,14,21H,8-9,13H2,1-2H3. The topological polar surface area (TPSA) is 62.7 Å². The van der Waals surface area contributed by atoms with Gasteiger partial charge in [0.1, 0.15) is 5.75 Å². The molecule has 1 N–H and O–H groups in total. The molecule has 1 aromatic carbocycles. The molecule has 1 amide bonds. The predicted molar refractivity (Wildman–Crippen MR) is 88.3 cm³/mol. The number of aliphatic hydroxyl groups is 1. The molecule has 0 saturated heterocycles. The Kier molecular flexibility index (Phi) is 6.11. The molecule has 23 heavy (non-hydrogen) atoms. The van der Waals surface area contributed by atoms with E-state index in [1.165, 1.54) is 6.20 Å². The largest absolute Gasteiger partial charge is 0.489 e. The number of amides is 1. The van der Waals surface area contributed by atoms with Gasteiger partial charge in [-0.15, -0.1) is 0 Å². The Hall–Kier alpha value is -2.40. The SMILES string of the molecule is CC(C)Oc1cncc(C(=O)N(CCO)Cc2ccccc2)c1. The minimum Gasteiger partial charge on any atom is -0.489 e. The van der Waals surface area contributed by atoms with Crippen LogP contribution in [0.5, 0.6) is 5.75 Å². The van der Waals surface area contributed by atoms with E-state index in [1.54, 1.807) is 17.2 Å². The zero-order chi connectivity index (χ0) is 16.7. The van der Waals surface area contributed by atoms with Gasteiger partial charge in [-0.05, 0) is 25.5 Å². The van der Waals surface area contributed by atoms with Crippen LogP contribution in [0.3, 0.4) is 0 Å². The van der Waals surface area contributed by atoms with E-state index < -0.39 is 0 Å². The molecular formula is C18H22N2O3. The Balaban J connectivity index is 2.17. The van der Waals surface area contributed by atoms with Crippen LogP contribution in [-0.4, -0.2) is 40.2 Å². The number of hydrogen-bond donors (Lipinski definition) is 1. The van der Waals surface area contributed by atoms with Crippen LogP contribution < -0.4 is 4.74 Å². The van der Waals surface area contributed by atoms with Crippen LogP contribution >= 0.6 is 0 Å². The summed E-state index contributed by atoms with van der Waals surface area (Å²) in [5.41, 5.74) is 1.46. The molecule has 0 radical (unpaired) electrons. The van der Waals surface area contributed by atoms with Crippen molar-refractivity contribution in [3.63, 3.8) is 0 Å². The summed E-state index contributed by atoms with van der Waals surface area (Å²) in [7, 11) is 0. The van der Waals surface area contributed by atoms with Gasteiger partial charge in [0.15, 0.2) is 0 Å². The minimum atomic E-state index is -0.176. The van der Waals surface area contributed by atoms with E-state index in [0.29, 0.717) is 17.9 Å². The van der Waals surface area contributed by atoms with E-state index in [-0.39, 0.29) is 25.2 Å². The third-order valence-corrected chi connectivity index (χ3v) is 3.21. The van der Waals surface area contributed by atoms with Crippen LogP contribution in [0.25, 0.3) is 0 Å². The van der Waals surface area contributed by atoms with Crippen LogP contribution in [-0.2, 0) is 6.54 Å². The monoisotopic (exact) mass is 314 g/mol. The maximum atomic E-state index is 12.7. The Bertz CT molecular complexity index is 629. The van der Waals surface area contributed by atoms with Crippen molar-refractivity contribution >= 4 is 5.91 Å². The van der Waals surface area contributed by atoms with Crippen molar-refractivity contribution in [1.82, 2.24) is 9.88 Å². The van der Waals surface area contributed by atoms with Crippen molar-refractivity contribution < 1.29 is 14.6 Å². The van der Waals surface area contributed by atoms with Crippen molar-refractivity contribution in [2.24, 2.45) is 0 Å². The number of hydrogen-bond acceptors (Lipinski definition) is 4. The van der Waals surface area contributed by atoms with Gasteiger partial charge in [-0.25, -0.2) is 0 Å². The summed E-state index contributed by atoms with van der Waals surface area (Å²) >= 11 is 0. The molecule has 0 bridgehead atoms. The minimum absolute atomic E-state index is 0.0139. The van der Waals surface area contributed by atoms with E-state index in [2.05, 4.69) is 4.98 Å². The van der Waals surface area contributed by atoms with Gasteiger partial charge >= 0.3 is 0 Å². The second kappa shape index (κ2) is 8.29. The van der Waals surface area contributed by atoms with Gasteiger partial charge in [0.25, 0.3) is 5.91 Å². The number of aliphatic hydroxyl groups excluding tert-OH is 1. The molecule has 5 heteroatoms. The fourth-order valence-electron chi connectivity index (χ4n) is 2.23. The Morgan fingerprint density at radius 2 is 2.00 bits per heavy atom. The first kappa shape index (κ1) is 17.0. The maximum Gasteiger partial charge on any atom is 0.255 e. The maximum absolute atomic E-state index is 12.7. The molecule has 2 aromatic rings. The van der Waals surface area contributed by atoms with Crippen LogP contribution in [0.4, 0.5) is 0 Å². The van der Waals surface area contributed by atoms with Crippen molar-refractivity contribution in [2.75, 3.05) is 13.2 Å². The summed E-state index contributed by atoms with van der Waals surface area (Å²) in [5.74, 6) is 0.388. The van der Waals surface area contributed by atoms with E-state index >= 15 is 0 Å². The fraction of sp³-hybridized carbons (Fsp3) is 0.333. The number of benzene rings is 1. The number of ether oxygens (including phenoxy) is 1. The van der Waals surface area contributed by atoms with Crippen molar-refractivity contribution in [1.29, 1.82) is 0 Å². The van der Waals surface area contributed by atoms with Crippen LogP contribution in [0.1, 0.15) is 29.8 Å². The lowest BCUT2D eigenvalue weighted by atomic mass is 10.2. The van der Waals surface area contributed by atoms with Gasteiger partial charge < -0.3 is 14.7 Å². The summed E-state index contributed by atoms with van der Waals surface area (Å²) in [6.07, 6.45) is 3.12. The third kappa shape index (κ3) is 5.07. The molecule has 5 nitrogen and oxygen atoms in total. The molecule has 0 aliphatic carbocycles. The van der Waals surface area contributed by atoms with Crippen molar-refractivity contribution in [3.05, 3.63) is 59.9 Å². The number of nitrogens with zero attached hydrogens (tertiary/aromatic N) is 2. The molecule has 1 aromatic heterocycles. The first-order valence-electron chi connectivity index (χ1n) is 7.66. The molecule has 0 saturated carbocycles. The lowest BCUT2D eigenvalue weighted by Gasteiger charge is -2.22. The van der Waals surface area contributed by atoms with E-state index in [0.717, 1.165) is 5.56 Å². The molecule has 0 atom stereocenters. The first-order chi connectivity index (χ1) is 11.1. The van der Waals surface area contributed by atoms with E-state index in [4.69, 9.17) is 4.74 Å². The van der Waals surface area contributed by atoms with Gasteiger partial charge in [-0.3, -0.25) is 9.78 Å². The van der Waals surface area contributed by atoms with Gasteiger partial charge in [0.2, 0.25) is 0 Å². The fourth-order valence-corrected chi connectivity index (χ4v) is 2.23. The Labute approximate surface area is 136 Å². The average Bonchev–Trinajstić information content (AvgIpc) is 2.54. The van der Waals surface area contributed by atoms with Gasteiger partial charge in [0.05, 0.1) is 24.5 Å². The summed E-state index contributed by atoms with van der Waals surface area (Å²) in [4.78, 5) is 18.4. The first-order valence-corrected chi connectivity index (χ1v) is 7.66. The molecular weight excluding hydrogens is 292 g/mol. The second-order valence-electron chi connectivity index (χ2n) is 5.51. The summed E-state index contributed by atoms with van der Waals surface area (Å²) in [5, 5.41) is 9.25. The third-order valence-electron chi connectivity index (χ3n) is 3.21. The highest BCUT2D eigenvalue weighted by atomic mass is 16.5.